The molecule has 0 radical (unpaired) electrons. The van der Waals surface area contributed by atoms with Crippen LogP contribution in [-0.2, 0) is 0 Å². The van der Waals surface area contributed by atoms with E-state index in [1.165, 1.54) is 4.90 Å². The first-order chi connectivity index (χ1) is 11.0. The Bertz CT molecular complexity index is 587. The second-order valence-corrected chi connectivity index (χ2v) is 6.84. The summed E-state index contributed by atoms with van der Waals surface area (Å²) in [5, 5.41) is 8.98. The summed E-state index contributed by atoms with van der Waals surface area (Å²) in [5.41, 5.74) is 0. The molecule has 3 heterocycles. The molecule has 2 aliphatic heterocycles. The predicted molar refractivity (Wildman–Crippen MR) is 88.6 cm³/mol. The molecule has 8 heteroatoms. The third kappa shape index (κ3) is 3.57. The Morgan fingerprint density at radius 2 is 2.00 bits per heavy atom. The lowest BCUT2D eigenvalue weighted by atomic mass is 9.96. The lowest BCUT2D eigenvalue weighted by molar-refractivity contribution is 0.118. The summed E-state index contributed by atoms with van der Waals surface area (Å²) in [5.74, 6) is 1.04. The number of carboxylic acid groups (broad SMARTS) is 1. The monoisotopic (exact) mass is 382 g/mol. The molecule has 2 fully saturated rings. The lowest BCUT2D eigenvalue weighted by Gasteiger charge is -2.32. The number of pyridine rings is 1. The average molecular weight is 383 g/mol. The van der Waals surface area contributed by atoms with Crippen LogP contribution in [0.3, 0.4) is 0 Å². The molecule has 1 aromatic heterocycles. The van der Waals surface area contributed by atoms with Crippen LogP contribution < -0.4 is 4.90 Å². The molecule has 7 nitrogen and oxygen atoms in total. The number of carbonyl (C=O) groups excluding carboxylic acids is 1. The third-order valence-corrected chi connectivity index (χ3v) is 4.92. The number of rotatable bonds is 3. The Labute approximate surface area is 143 Å². The first-order valence-corrected chi connectivity index (χ1v) is 8.50. The topological polar surface area (TPSA) is 77.0 Å². The SMILES string of the molecule is O=C(O)N1CCC(CN2CCN(c3ccc(Br)cn3)C2=O)CC1. The summed E-state index contributed by atoms with van der Waals surface area (Å²) >= 11 is 3.34. The zero-order chi connectivity index (χ0) is 16.4. The first kappa shape index (κ1) is 16.0. The van der Waals surface area contributed by atoms with Gasteiger partial charge in [-0.1, -0.05) is 0 Å². The van der Waals surface area contributed by atoms with Crippen molar-refractivity contribution in [3.63, 3.8) is 0 Å². The number of anilines is 1. The largest absolute Gasteiger partial charge is 0.465 e. The molecule has 0 bridgehead atoms. The van der Waals surface area contributed by atoms with E-state index in [9.17, 15) is 9.59 Å². The highest BCUT2D eigenvalue weighted by Gasteiger charge is 2.33. The van der Waals surface area contributed by atoms with Gasteiger partial charge in [0, 0.05) is 43.4 Å². The summed E-state index contributed by atoms with van der Waals surface area (Å²) in [7, 11) is 0. The molecule has 3 rings (SSSR count). The summed E-state index contributed by atoms with van der Waals surface area (Å²) in [6, 6.07) is 3.69. The third-order valence-electron chi connectivity index (χ3n) is 4.45. The Morgan fingerprint density at radius 3 is 2.61 bits per heavy atom. The molecule has 3 amide bonds. The molecule has 23 heavy (non-hydrogen) atoms. The van der Waals surface area contributed by atoms with E-state index in [-0.39, 0.29) is 6.03 Å². The Morgan fingerprint density at radius 1 is 1.26 bits per heavy atom. The normalized spacial score (nSPS) is 19.5. The highest BCUT2D eigenvalue weighted by molar-refractivity contribution is 9.10. The molecule has 124 valence electrons. The van der Waals surface area contributed by atoms with Crippen LogP contribution in [0.15, 0.2) is 22.8 Å². The van der Waals surface area contributed by atoms with Crippen LogP contribution >= 0.6 is 15.9 Å². The van der Waals surface area contributed by atoms with Gasteiger partial charge in [0.15, 0.2) is 0 Å². The van der Waals surface area contributed by atoms with Gasteiger partial charge >= 0.3 is 12.1 Å². The van der Waals surface area contributed by atoms with E-state index in [4.69, 9.17) is 5.11 Å². The molecule has 0 unspecified atom stereocenters. The second-order valence-electron chi connectivity index (χ2n) is 5.93. The van der Waals surface area contributed by atoms with E-state index in [0.29, 0.717) is 44.5 Å². The van der Waals surface area contributed by atoms with Gasteiger partial charge in [-0.2, -0.15) is 0 Å². The van der Waals surface area contributed by atoms with Gasteiger partial charge in [0.25, 0.3) is 0 Å². The molecule has 0 saturated carbocycles. The van der Waals surface area contributed by atoms with Gasteiger partial charge in [-0.3, -0.25) is 4.90 Å². The number of aromatic nitrogens is 1. The molecule has 1 N–H and O–H groups in total. The van der Waals surface area contributed by atoms with Crippen molar-refractivity contribution in [3.8, 4) is 0 Å². The second kappa shape index (κ2) is 6.74. The van der Waals surface area contributed by atoms with Gasteiger partial charge in [0.1, 0.15) is 5.82 Å². The summed E-state index contributed by atoms with van der Waals surface area (Å²) in [6.45, 7) is 3.14. The average Bonchev–Trinajstić information content (AvgIpc) is 2.90. The standard InChI is InChI=1S/C15H19BrN4O3/c16-12-1-2-13(17-9-12)20-8-7-19(14(20)21)10-11-3-5-18(6-4-11)15(22)23/h1-2,9,11H,3-8,10H2,(H,22,23). The van der Waals surface area contributed by atoms with Crippen LogP contribution in [0.2, 0.25) is 0 Å². The maximum atomic E-state index is 12.5. The van der Waals surface area contributed by atoms with E-state index in [0.717, 1.165) is 17.3 Å². The van der Waals surface area contributed by atoms with E-state index in [1.807, 2.05) is 17.0 Å². The van der Waals surface area contributed by atoms with Crippen LogP contribution in [-0.4, -0.2) is 64.7 Å². The lowest BCUT2D eigenvalue weighted by Crippen LogP contribution is -2.42. The van der Waals surface area contributed by atoms with Crippen molar-refractivity contribution in [2.45, 2.75) is 12.8 Å². The zero-order valence-electron chi connectivity index (χ0n) is 12.7. The Kier molecular flexibility index (Phi) is 4.70. The van der Waals surface area contributed by atoms with Gasteiger partial charge in [-0.25, -0.2) is 14.6 Å². The van der Waals surface area contributed by atoms with Crippen molar-refractivity contribution in [2.24, 2.45) is 5.92 Å². The van der Waals surface area contributed by atoms with Crippen molar-refractivity contribution in [1.29, 1.82) is 0 Å². The van der Waals surface area contributed by atoms with Crippen molar-refractivity contribution in [1.82, 2.24) is 14.8 Å². The van der Waals surface area contributed by atoms with E-state index < -0.39 is 6.09 Å². The van der Waals surface area contributed by atoms with Gasteiger partial charge in [0.05, 0.1) is 0 Å². The number of likely N-dealkylation sites (tertiary alicyclic amines) is 1. The molecule has 0 spiro atoms. The molecular formula is C15H19BrN4O3. The molecular weight excluding hydrogens is 364 g/mol. The minimum absolute atomic E-state index is 0.0134. The Hall–Kier alpha value is -1.83. The van der Waals surface area contributed by atoms with Crippen LogP contribution in [0.1, 0.15) is 12.8 Å². The Balaban J connectivity index is 1.55. The fourth-order valence-electron chi connectivity index (χ4n) is 3.11. The highest BCUT2D eigenvalue weighted by atomic mass is 79.9. The zero-order valence-corrected chi connectivity index (χ0v) is 14.3. The van der Waals surface area contributed by atoms with E-state index >= 15 is 0 Å². The molecule has 0 atom stereocenters. The predicted octanol–water partition coefficient (Wildman–Crippen LogP) is 2.48. The van der Waals surface area contributed by atoms with Crippen LogP contribution in [0.25, 0.3) is 0 Å². The fraction of sp³-hybridized carbons (Fsp3) is 0.533. The van der Waals surface area contributed by atoms with E-state index in [2.05, 4.69) is 20.9 Å². The number of nitrogens with zero attached hydrogens (tertiary/aromatic N) is 4. The van der Waals surface area contributed by atoms with Gasteiger partial charge in [0.2, 0.25) is 0 Å². The summed E-state index contributed by atoms with van der Waals surface area (Å²) in [6.07, 6.45) is 2.46. The molecule has 0 aromatic carbocycles. The van der Waals surface area contributed by atoms with Crippen molar-refractivity contribution < 1.29 is 14.7 Å². The quantitative estimate of drug-likeness (QED) is 0.870. The number of amides is 3. The number of halogens is 1. The van der Waals surface area contributed by atoms with Crippen LogP contribution in [0.4, 0.5) is 15.4 Å². The molecule has 2 saturated heterocycles. The van der Waals surface area contributed by atoms with Gasteiger partial charge in [-0.05, 0) is 46.8 Å². The minimum atomic E-state index is -0.854. The van der Waals surface area contributed by atoms with Gasteiger partial charge in [-0.15, -0.1) is 0 Å². The number of hydrogen-bond acceptors (Lipinski definition) is 3. The fourth-order valence-corrected chi connectivity index (χ4v) is 3.35. The van der Waals surface area contributed by atoms with Crippen molar-refractivity contribution in [2.75, 3.05) is 37.6 Å². The highest BCUT2D eigenvalue weighted by Crippen LogP contribution is 2.23. The van der Waals surface area contributed by atoms with Crippen LogP contribution in [0.5, 0.6) is 0 Å². The summed E-state index contributed by atoms with van der Waals surface area (Å²) in [4.78, 5) is 32.7. The number of urea groups is 1. The maximum Gasteiger partial charge on any atom is 0.407 e. The number of piperidine rings is 1. The van der Waals surface area contributed by atoms with E-state index in [1.54, 1.807) is 11.1 Å². The van der Waals surface area contributed by atoms with Crippen molar-refractivity contribution >= 4 is 33.9 Å². The first-order valence-electron chi connectivity index (χ1n) is 7.70. The minimum Gasteiger partial charge on any atom is -0.465 e. The summed E-state index contributed by atoms with van der Waals surface area (Å²) < 4.78 is 0.884. The molecule has 2 aliphatic rings. The maximum absolute atomic E-state index is 12.5. The van der Waals surface area contributed by atoms with Crippen LogP contribution in [0, 0.1) is 5.92 Å². The number of carbonyl (C=O) groups is 2. The van der Waals surface area contributed by atoms with Gasteiger partial charge < -0.3 is 14.9 Å². The number of hydrogen-bond donors (Lipinski definition) is 1. The molecule has 1 aromatic rings. The smallest absolute Gasteiger partial charge is 0.407 e. The molecule has 0 aliphatic carbocycles. The van der Waals surface area contributed by atoms with Crippen molar-refractivity contribution in [3.05, 3.63) is 22.8 Å².